The van der Waals surface area contributed by atoms with Gasteiger partial charge in [-0.2, -0.15) is 0 Å². The molecule has 1 rings (SSSR count). The van der Waals surface area contributed by atoms with Gasteiger partial charge in [-0.1, -0.05) is 20.3 Å². The zero-order valence-electron chi connectivity index (χ0n) is 8.38. The molecule has 1 saturated heterocycles. The van der Waals surface area contributed by atoms with Crippen molar-refractivity contribution in [1.29, 1.82) is 0 Å². The van der Waals surface area contributed by atoms with Crippen LogP contribution in [0.1, 0.15) is 26.7 Å². The molecule has 0 radical (unpaired) electrons. The Hall–Kier alpha value is -0.0800. The maximum absolute atomic E-state index is 5.45. The molecule has 2 atom stereocenters. The molecule has 0 aromatic carbocycles. The fourth-order valence-corrected chi connectivity index (χ4v) is 1.51. The summed E-state index contributed by atoms with van der Waals surface area (Å²) in [6.07, 6.45) is 2.85. The lowest BCUT2D eigenvalue weighted by Crippen LogP contribution is -2.39. The Kier molecular flexibility index (Phi) is 4.02. The van der Waals surface area contributed by atoms with Crippen molar-refractivity contribution in [2.45, 2.75) is 32.8 Å². The van der Waals surface area contributed by atoms with E-state index in [0.29, 0.717) is 12.0 Å². The molecular formula is C10H20O2. The Labute approximate surface area is 75.2 Å². The fraction of sp³-hybridized carbons (Fsp3) is 1.00. The van der Waals surface area contributed by atoms with Crippen molar-refractivity contribution < 1.29 is 9.47 Å². The highest BCUT2D eigenvalue weighted by Crippen LogP contribution is 2.23. The maximum Gasteiger partial charge on any atom is 0.0646 e. The Bertz CT molecular complexity index is 121. The van der Waals surface area contributed by atoms with Crippen molar-refractivity contribution in [3.63, 3.8) is 0 Å². The molecule has 0 bridgehead atoms. The van der Waals surface area contributed by atoms with Gasteiger partial charge in [0.15, 0.2) is 0 Å². The summed E-state index contributed by atoms with van der Waals surface area (Å²) < 4.78 is 10.6. The highest BCUT2D eigenvalue weighted by molar-refractivity contribution is 4.76. The van der Waals surface area contributed by atoms with Crippen molar-refractivity contribution in [1.82, 2.24) is 0 Å². The van der Waals surface area contributed by atoms with E-state index in [4.69, 9.17) is 9.47 Å². The van der Waals surface area contributed by atoms with E-state index in [9.17, 15) is 0 Å². The second-order valence-corrected chi connectivity index (χ2v) is 3.82. The van der Waals surface area contributed by atoms with Crippen LogP contribution in [0.5, 0.6) is 0 Å². The summed E-state index contributed by atoms with van der Waals surface area (Å²) in [5.41, 5.74) is 0. The van der Waals surface area contributed by atoms with Gasteiger partial charge in [-0.3, -0.25) is 0 Å². The minimum Gasteiger partial charge on any atom is -0.381 e. The van der Waals surface area contributed by atoms with E-state index in [2.05, 4.69) is 13.8 Å². The molecule has 12 heavy (non-hydrogen) atoms. The van der Waals surface area contributed by atoms with Crippen LogP contribution in [-0.4, -0.2) is 26.4 Å². The lowest BCUT2D eigenvalue weighted by molar-refractivity contribution is -0.108. The second-order valence-electron chi connectivity index (χ2n) is 3.82. The fourth-order valence-electron chi connectivity index (χ4n) is 1.51. The molecule has 2 unspecified atom stereocenters. The zero-order valence-corrected chi connectivity index (χ0v) is 8.38. The molecule has 0 amide bonds. The molecule has 2 heteroatoms. The van der Waals surface area contributed by atoms with Crippen LogP contribution in [0.3, 0.4) is 0 Å². The van der Waals surface area contributed by atoms with Crippen LogP contribution < -0.4 is 0 Å². The molecule has 1 aliphatic rings. The lowest BCUT2D eigenvalue weighted by atomic mass is 9.91. The van der Waals surface area contributed by atoms with Crippen molar-refractivity contribution in [3.05, 3.63) is 0 Å². The van der Waals surface area contributed by atoms with Crippen LogP contribution in [0.4, 0.5) is 0 Å². The summed E-state index contributed by atoms with van der Waals surface area (Å²) in [5.74, 6) is 1.43. The number of rotatable bonds is 5. The van der Waals surface area contributed by atoms with Gasteiger partial charge in [-0.25, -0.2) is 0 Å². The van der Waals surface area contributed by atoms with Crippen molar-refractivity contribution in [2.75, 3.05) is 20.3 Å². The van der Waals surface area contributed by atoms with Crippen LogP contribution >= 0.6 is 0 Å². The number of hydrogen-bond donors (Lipinski definition) is 0. The first-order chi connectivity index (χ1) is 5.77. The van der Waals surface area contributed by atoms with Gasteiger partial charge < -0.3 is 9.47 Å². The molecule has 1 fully saturated rings. The Balaban J connectivity index is 2.24. The molecule has 0 aromatic heterocycles. The summed E-state index contributed by atoms with van der Waals surface area (Å²) in [6, 6.07) is 0. The van der Waals surface area contributed by atoms with E-state index in [1.165, 1.54) is 12.8 Å². The van der Waals surface area contributed by atoms with Crippen molar-refractivity contribution >= 4 is 0 Å². The van der Waals surface area contributed by atoms with Gasteiger partial charge in [0.2, 0.25) is 0 Å². The molecule has 2 nitrogen and oxygen atoms in total. The molecule has 0 aliphatic carbocycles. The first kappa shape index (κ1) is 10.0. The highest BCUT2D eigenvalue weighted by atomic mass is 16.5. The molecule has 0 spiro atoms. The third-order valence-corrected chi connectivity index (χ3v) is 2.82. The normalized spacial score (nSPS) is 23.2. The number of ether oxygens (including phenoxy) is 2. The Morgan fingerprint density at radius 2 is 2.17 bits per heavy atom. The summed E-state index contributed by atoms with van der Waals surface area (Å²) in [6.45, 7) is 6.31. The summed E-state index contributed by atoms with van der Waals surface area (Å²) in [5, 5.41) is 0. The van der Waals surface area contributed by atoms with Gasteiger partial charge in [0.05, 0.1) is 19.3 Å². The Morgan fingerprint density at radius 3 is 2.50 bits per heavy atom. The highest BCUT2D eigenvalue weighted by Gasteiger charge is 2.28. The molecule has 72 valence electrons. The molecule has 0 N–H and O–H groups in total. The SMILES string of the molecule is CCC(C)CC(OC)C1COC1. The van der Waals surface area contributed by atoms with Crippen LogP contribution in [-0.2, 0) is 9.47 Å². The van der Waals surface area contributed by atoms with Crippen LogP contribution in [0.2, 0.25) is 0 Å². The minimum atomic E-state index is 0.425. The summed E-state index contributed by atoms with van der Waals surface area (Å²) in [7, 11) is 1.81. The van der Waals surface area contributed by atoms with Crippen LogP contribution in [0.15, 0.2) is 0 Å². The minimum absolute atomic E-state index is 0.425. The quantitative estimate of drug-likeness (QED) is 0.632. The molecule has 1 heterocycles. The summed E-state index contributed by atoms with van der Waals surface area (Å²) >= 11 is 0. The average Bonchev–Trinajstić information content (AvgIpc) is 1.99. The van der Waals surface area contributed by atoms with Crippen LogP contribution in [0.25, 0.3) is 0 Å². The molecule has 0 saturated carbocycles. The summed E-state index contributed by atoms with van der Waals surface area (Å²) in [4.78, 5) is 0. The number of hydrogen-bond acceptors (Lipinski definition) is 2. The van der Waals surface area contributed by atoms with Gasteiger partial charge in [-0.15, -0.1) is 0 Å². The second kappa shape index (κ2) is 4.83. The monoisotopic (exact) mass is 172 g/mol. The first-order valence-electron chi connectivity index (χ1n) is 4.88. The van der Waals surface area contributed by atoms with E-state index >= 15 is 0 Å². The third kappa shape index (κ3) is 2.46. The van der Waals surface area contributed by atoms with Gasteiger partial charge in [0, 0.05) is 13.0 Å². The van der Waals surface area contributed by atoms with Crippen molar-refractivity contribution in [3.8, 4) is 0 Å². The number of methoxy groups -OCH3 is 1. The molecule has 1 aliphatic heterocycles. The maximum atomic E-state index is 5.45. The largest absolute Gasteiger partial charge is 0.381 e. The molecular weight excluding hydrogens is 152 g/mol. The van der Waals surface area contributed by atoms with Crippen LogP contribution in [0, 0.1) is 11.8 Å². The average molecular weight is 172 g/mol. The smallest absolute Gasteiger partial charge is 0.0646 e. The van der Waals surface area contributed by atoms with E-state index in [-0.39, 0.29) is 0 Å². The van der Waals surface area contributed by atoms with E-state index in [1.54, 1.807) is 0 Å². The van der Waals surface area contributed by atoms with E-state index in [1.807, 2.05) is 7.11 Å². The standard InChI is InChI=1S/C10H20O2/c1-4-8(2)5-10(11-3)9-6-12-7-9/h8-10H,4-7H2,1-3H3. The van der Waals surface area contributed by atoms with E-state index in [0.717, 1.165) is 19.1 Å². The Morgan fingerprint density at radius 1 is 1.50 bits per heavy atom. The topological polar surface area (TPSA) is 18.5 Å². The van der Waals surface area contributed by atoms with E-state index < -0.39 is 0 Å². The van der Waals surface area contributed by atoms with Gasteiger partial charge in [0.25, 0.3) is 0 Å². The van der Waals surface area contributed by atoms with Gasteiger partial charge >= 0.3 is 0 Å². The predicted octanol–water partition coefficient (Wildman–Crippen LogP) is 2.08. The predicted molar refractivity (Wildman–Crippen MR) is 49.2 cm³/mol. The first-order valence-corrected chi connectivity index (χ1v) is 4.88. The third-order valence-electron chi connectivity index (χ3n) is 2.82. The van der Waals surface area contributed by atoms with Gasteiger partial charge in [0.1, 0.15) is 0 Å². The lowest BCUT2D eigenvalue weighted by Gasteiger charge is -2.33. The van der Waals surface area contributed by atoms with Crippen molar-refractivity contribution in [2.24, 2.45) is 11.8 Å². The van der Waals surface area contributed by atoms with Gasteiger partial charge in [-0.05, 0) is 12.3 Å². The zero-order chi connectivity index (χ0) is 8.97. The molecule has 0 aromatic rings.